The summed E-state index contributed by atoms with van der Waals surface area (Å²) in [6.45, 7) is 4.93. The fourth-order valence-electron chi connectivity index (χ4n) is 12.3. The number of hydrogen-bond acceptors (Lipinski definition) is 5. The van der Waals surface area contributed by atoms with Gasteiger partial charge in [-0.1, -0.05) is 391 Å². The van der Waals surface area contributed by atoms with Gasteiger partial charge in [0.05, 0.1) is 25.4 Å². The van der Waals surface area contributed by atoms with Gasteiger partial charge in [0.2, 0.25) is 5.91 Å². The van der Waals surface area contributed by atoms with Crippen LogP contribution in [0.4, 0.5) is 0 Å². The van der Waals surface area contributed by atoms with Crippen molar-refractivity contribution < 1.29 is 24.5 Å². The van der Waals surface area contributed by atoms with Gasteiger partial charge >= 0.3 is 5.97 Å². The minimum absolute atomic E-state index is 0.0275. The first-order valence-electron chi connectivity index (χ1n) is 38.6. The molecule has 0 aliphatic carbocycles. The molecule has 2 atom stereocenters. The summed E-state index contributed by atoms with van der Waals surface area (Å²) in [6, 6.07) is -0.622. The van der Waals surface area contributed by atoms with Crippen LogP contribution >= 0.6 is 0 Å². The number of esters is 1. The van der Waals surface area contributed by atoms with E-state index in [4.69, 9.17) is 4.74 Å². The molecule has 0 rings (SSSR count). The summed E-state index contributed by atoms with van der Waals surface area (Å²) in [5, 5.41) is 23.0. The standard InChI is InChI=1S/C78H151NO5/c1-3-5-7-9-11-13-15-16-17-18-43-46-49-52-56-60-64-68-72-78(83)84-73-69-65-61-57-53-50-47-44-41-39-37-35-33-31-29-27-25-23-21-19-20-22-24-26-28-30-32-34-36-38-40-42-45-48-51-55-59-63-67-71-77(82)79-75(74-80)76(81)70-66-62-58-54-14-12-10-8-6-4-2/h19-20,66,70,75-76,80-81H,3-18,21-65,67-69,71-74H2,1-2H3,(H,79,82)/b20-19-,70-66+. The molecule has 2 unspecified atom stereocenters. The Hall–Kier alpha value is -1.66. The van der Waals surface area contributed by atoms with E-state index in [-0.39, 0.29) is 18.5 Å². The zero-order valence-corrected chi connectivity index (χ0v) is 57.2. The van der Waals surface area contributed by atoms with Gasteiger partial charge in [-0.3, -0.25) is 9.59 Å². The van der Waals surface area contributed by atoms with Crippen LogP contribution in [0.3, 0.4) is 0 Å². The third-order valence-corrected chi connectivity index (χ3v) is 18.2. The van der Waals surface area contributed by atoms with Crippen LogP contribution in [0.1, 0.15) is 438 Å². The molecule has 0 aromatic heterocycles. The van der Waals surface area contributed by atoms with Crippen LogP contribution in [0.15, 0.2) is 24.3 Å². The first-order valence-corrected chi connectivity index (χ1v) is 38.6. The highest BCUT2D eigenvalue weighted by atomic mass is 16.5. The van der Waals surface area contributed by atoms with Gasteiger partial charge in [0.15, 0.2) is 0 Å². The Labute approximate surface area is 526 Å². The summed E-state index contributed by atoms with van der Waals surface area (Å²) >= 11 is 0. The smallest absolute Gasteiger partial charge is 0.305 e. The number of aliphatic hydroxyl groups excluding tert-OH is 2. The minimum Gasteiger partial charge on any atom is -0.466 e. The molecule has 0 saturated carbocycles. The molecule has 6 nitrogen and oxygen atoms in total. The molecule has 0 fully saturated rings. The molecule has 0 aliphatic heterocycles. The number of unbranched alkanes of at least 4 members (excludes halogenated alkanes) is 60. The third-order valence-electron chi connectivity index (χ3n) is 18.2. The second kappa shape index (κ2) is 73.8. The second-order valence-corrected chi connectivity index (χ2v) is 26.7. The van der Waals surface area contributed by atoms with Gasteiger partial charge in [-0.25, -0.2) is 0 Å². The number of carbonyl (C=O) groups is 2. The summed E-state index contributed by atoms with van der Waals surface area (Å²) in [5.74, 6) is -0.0361. The quantitative estimate of drug-likeness (QED) is 0.0320. The zero-order chi connectivity index (χ0) is 60.6. The average Bonchev–Trinajstić information content (AvgIpc) is 3.51. The van der Waals surface area contributed by atoms with Crippen LogP contribution in [0.2, 0.25) is 0 Å². The fraction of sp³-hybridized carbons (Fsp3) is 0.923. The molecular weight excluding hydrogens is 1030 g/mol. The van der Waals surface area contributed by atoms with Crippen molar-refractivity contribution in [2.45, 2.75) is 450 Å². The molecule has 3 N–H and O–H groups in total. The SMILES string of the molecule is CCCCCCCCCC/C=C/C(O)C(CO)NC(=O)CCCCCCCCCCCCCCCCCCC/C=C\CCCCCCCCCCCCCCCCCCCCOC(=O)CCCCCCCCCCCCCCCCCCCC. The van der Waals surface area contributed by atoms with Gasteiger partial charge in [0, 0.05) is 12.8 Å². The third kappa shape index (κ3) is 69.4. The highest BCUT2D eigenvalue weighted by molar-refractivity contribution is 5.76. The molecule has 0 aliphatic rings. The van der Waals surface area contributed by atoms with E-state index in [0.717, 1.165) is 38.5 Å². The molecule has 498 valence electrons. The number of ether oxygens (including phenoxy) is 1. The van der Waals surface area contributed by atoms with E-state index in [1.54, 1.807) is 6.08 Å². The number of nitrogens with one attached hydrogen (secondary N) is 1. The Morgan fingerprint density at radius 1 is 0.321 bits per heavy atom. The molecule has 6 heteroatoms. The average molecular weight is 1180 g/mol. The topological polar surface area (TPSA) is 95.9 Å². The van der Waals surface area contributed by atoms with Gasteiger partial charge in [-0.15, -0.1) is 0 Å². The van der Waals surface area contributed by atoms with Crippen LogP contribution in [0.25, 0.3) is 0 Å². The zero-order valence-electron chi connectivity index (χ0n) is 57.2. The van der Waals surface area contributed by atoms with Crippen molar-refractivity contribution in [3.8, 4) is 0 Å². The number of amides is 1. The van der Waals surface area contributed by atoms with Crippen LogP contribution in [-0.4, -0.2) is 47.4 Å². The largest absolute Gasteiger partial charge is 0.466 e. The number of allylic oxidation sites excluding steroid dienone is 3. The minimum atomic E-state index is -0.839. The van der Waals surface area contributed by atoms with E-state index in [1.165, 1.54) is 372 Å². The summed E-state index contributed by atoms with van der Waals surface area (Å²) in [5.41, 5.74) is 0. The number of carbonyl (C=O) groups excluding carboxylic acids is 2. The van der Waals surface area contributed by atoms with Crippen molar-refractivity contribution in [1.82, 2.24) is 5.32 Å². The van der Waals surface area contributed by atoms with E-state index < -0.39 is 12.1 Å². The Morgan fingerprint density at radius 3 is 0.845 bits per heavy atom. The van der Waals surface area contributed by atoms with Gasteiger partial charge in [0.25, 0.3) is 0 Å². The molecule has 0 heterocycles. The molecule has 0 aromatic carbocycles. The van der Waals surface area contributed by atoms with Crippen molar-refractivity contribution in [2.24, 2.45) is 0 Å². The maximum atomic E-state index is 12.4. The predicted octanol–water partition coefficient (Wildman–Crippen LogP) is 25.3. The predicted molar refractivity (Wildman–Crippen MR) is 370 cm³/mol. The number of hydrogen-bond donors (Lipinski definition) is 3. The number of rotatable bonds is 73. The highest BCUT2D eigenvalue weighted by Crippen LogP contribution is 2.20. The molecule has 84 heavy (non-hydrogen) atoms. The molecule has 0 bridgehead atoms. The monoisotopic (exact) mass is 1180 g/mol. The van der Waals surface area contributed by atoms with Crippen LogP contribution in [0, 0.1) is 0 Å². The van der Waals surface area contributed by atoms with Crippen molar-refractivity contribution in [3.05, 3.63) is 24.3 Å². The van der Waals surface area contributed by atoms with Crippen molar-refractivity contribution in [1.29, 1.82) is 0 Å². The Kier molecular flexibility index (Phi) is 72.3. The van der Waals surface area contributed by atoms with Gasteiger partial charge in [-0.2, -0.15) is 0 Å². The van der Waals surface area contributed by atoms with E-state index >= 15 is 0 Å². The molecule has 1 amide bonds. The lowest BCUT2D eigenvalue weighted by atomic mass is 10.0. The Morgan fingerprint density at radius 2 is 0.560 bits per heavy atom. The first-order chi connectivity index (χ1) is 41.5. The lowest BCUT2D eigenvalue weighted by molar-refractivity contribution is -0.143. The van der Waals surface area contributed by atoms with Crippen molar-refractivity contribution in [2.75, 3.05) is 13.2 Å². The van der Waals surface area contributed by atoms with Gasteiger partial charge in [-0.05, 0) is 57.8 Å². The Bertz CT molecular complexity index is 1320. The van der Waals surface area contributed by atoms with E-state index in [1.807, 2.05) is 6.08 Å². The maximum absolute atomic E-state index is 12.4. The molecule has 0 aromatic rings. The first kappa shape index (κ1) is 82.3. The van der Waals surface area contributed by atoms with Crippen molar-refractivity contribution >= 4 is 11.9 Å². The van der Waals surface area contributed by atoms with Gasteiger partial charge < -0.3 is 20.3 Å². The Balaban J connectivity index is 3.29. The highest BCUT2D eigenvalue weighted by Gasteiger charge is 2.18. The van der Waals surface area contributed by atoms with E-state index in [9.17, 15) is 19.8 Å². The van der Waals surface area contributed by atoms with E-state index in [2.05, 4.69) is 31.3 Å². The lowest BCUT2D eigenvalue weighted by Gasteiger charge is -2.20. The van der Waals surface area contributed by atoms with Crippen molar-refractivity contribution in [3.63, 3.8) is 0 Å². The molecule has 0 radical (unpaired) electrons. The molecule has 0 spiro atoms. The summed E-state index contributed by atoms with van der Waals surface area (Å²) < 4.78 is 5.52. The maximum Gasteiger partial charge on any atom is 0.305 e. The van der Waals surface area contributed by atoms with Crippen LogP contribution < -0.4 is 5.32 Å². The summed E-state index contributed by atoms with van der Waals surface area (Å²) in [6.07, 6.45) is 94.6. The summed E-state index contributed by atoms with van der Waals surface area (Å²) in [7, 11) is 0. The van der Waals surface area contributed by atoms with Crippen LogP contribution in [-0.2, 0) is 14.3 Å². The normalized spacial score (nSPS) is 12.6. The molecular formula is C78H151NO5. The lowest BCUT2D eigenvalue weighted by Crippen LogP contribution is -2.45. The second-order valence-electron chi connectivity index (χ2n) is 26.7. The summed E-state index contributed by atoms with van der Waals surface area (Å²) in [4.78, 5) is 24.6. The van der Waals surface area contributed by atoms with E-state index in [0.29, 0.717) is 19.4 Å². The van der Waals surface area contributed by atoms with Gasteiger partial charge in [0.1, 0.15) is 0 Å². The fourth-order valence-corrected chi connectivity index (χ4v) is 12.3. The van der Waals surface area contributed by atoms with Crippen LogP contribution in [0.5, 0.6) is 0 Å². The molecule has 0 saturated heterocycles. The number of aliphatic hydroxyl groups is 2.